The Morgan fingerprint density at radius 3 is 2.36 bits per heavy atom. The van der Waals surface area contributed by atoms with E-state index in [1.54, 1.807) is 23.2 Å². The van der Waals surface area contributed by atoms with Crippen molar-refractivity contribution in [3.8, 4) is 12.1 Å². The number of hydrogen-bond acceptors (Lipinski definition) is 8. The van der Waals surface area contributed by atoms with Crippen LogP contribution in [0.4, 0.5) is 15.8 Å². The average Bonchev–Trinajstić information content (AvgIpc) is 3.40. The summed E-state index contributed by atoms with van der Waals surface area (Å²) in [7, 11) is 1.86. The summed E-state index contributed by atoms with van der Waals surface area (Å²) in [5.41, 5.74) is 11.4. The smallest absolute Gasteiger partial charge is 0.123 e. The van der Waals surface area contributed by atoms with Gasteiger partial charge in [0.2, 0.25) is 0 Å². The third kappa shape index (κ3) is 5.30. The lowest BCUT2D eigenvalue weighted by molar-refractivity contribution is 0.326. The minimum Gasteiger partial charge on any atom is -0.377 e. The molecule has 0 fully saturated rings. The zero-order chi connectivity index (χ0) is 27.4. The Kier molecular flexibility index (Phi) is 7.26. The third-order valence-electron chi connectivity index (χ3n) is 6.68. The van der Waals surface area contributed by atoms with Crippen LogP contribution in [0.1, 0.15) is 47.7 Å². The molecular formula is C30H27FN8. The molecule has 1 aliphatic heterocycles. The largest absolute Gasteiger partial charge is 0.377 e. The maximum absolute atomic E-state index is 13.7. The Morgan fingerprint density at radius 1 is 0.974 bits per heavy atom. The first-order chi connectivity index (χ1) is 19.0. The molecule has 1 aliphatic rings. The normalized spacial score (nSPS) is 14.1. The molecule has 4 N–H and O–H groups in total. The molecule has 194 valence electrons. The van der Waals surface area contributed by atoms with Gasteiger partial charge < -0.3 is 16.1 Å². The van der Waals surface area contributed by atoms with Crippen molar-refractivity contribution in [1.29, 1.82) is 10.5 Å². The Hall–Kier alpha value is -5.12. The summed E-state index contributed by atoms with van der Waals surface area (Å²) in [6, 6.07) is 24.0. The molecule has 4 aromatic rings. The van der Waals surface area contributed by atoms with E-state index in [1.165, 1.54) is 18.3 Å². The minimum atomic E-state index is -0.386. The van der Waals surface area contributed by atoms with Gasteiger partial charge in [0, 0.05) is 30.5 Å². The van der Waals surface area contributed by atoms with Gasteiger partial charge in [0.1, 0.15) is 18.0 Å². The third-order valence-corrected chi connectivity index (χ3v) is 6.68. The van der Waals surface area contributed by atoms with E-state index in [-0.39, 0.29) is 17.9 Å². The molecule has 0 bridgehead atoms. The van der Waals surface area contributed by atoms with Gasteiger partial charge in [-0.2, -0.15) is 10.5 Å². The van der Waals surface area contributed by atoms with Crippen LogP contribution < -0.4 is 21.6 Å². The van der Waals surface area contributed by atoms with Crippen molar-refractivity contribution in [1.82, 2.24) is 21.0 Å². The molecule has 9 heteroatoms. The monoisotopic (exact) mass is 518 g/mol. The molecule has 39 heavy (non-hydrogen) atoms. The summed E-state index contributed by atoms with van der Waals surface area (Å²) >= 11 is 0. The zero-order valence-corrected chi connectivity index (χ0v) is 21.5. The van der Waals surface area contributed by atoms with Crippen LogP contribution in [-0.4, -0.2) is 17.0 Å². The number of pyridine rings is 1. The summed E-state index contributed by atoms with van der Waals surface area (Å²) < 4.78 is 13.7. The van der Waals surface area contributed by atoms with Crippen LogP contribution in [0, 0.1) is 28.5 Å². The number of nitrogens with zero attached hydrogens (tertiary/aromatic N) is 4. The molecule has 5 rings (SSSR count). The predicted octanol–water partition coefficient (Wildman–Crippen LogP) is 5.63. The van der Waals surface area contributed by atoms with Crippen molar-refractivity contribution in [2.24, 2.45) is 0 Å². The van der Waals surface area contributed by atoms with Gasteiger partial charge in [-0.05, 0) is 41.8 Å². The number of aromatic nitrogens is 1. The number of halogens is 1. The van der Waals surface area contributed by atoms with E-state index >= 15 is 0 Å². The second-order valence-electron chi connectivity index (χ2n) is 9.27. The Morgan fingerprint density at radius 2 is 1.72 bits per heavy atom. The van der Waals surface area contributed by atoms with Crippen LogP contribution in [0.5, 0.6) is 0 Å². The van der Waals surface area contributed by atoms with E-state index in [4.69, 9.17) is 0 Å². The van der Waals surface area contributed by atoms with Crippen LogP contribution >= 0.6 is 0 Å². The molecule has 0 amide bonds. The van der Waals surface area contributed by atoms with E-state index in [2.05, 4.69) is 45.6 Å². The Bertz CT molecular complexity index is 1600. The number of hydrazine groups is 2. The van der Waals surface area contributed by atoms with E-state index in [9.17, 15) is 14.9 Å². The number of hydrogen-bond donors (Lipinski definition) is 4. The number of benzene rings is 3. The van der Waals surface area contributed by atoms with Gasteiger partial charge in [-0.15, -0.1) is 5.53 Å². The molecule has 0 aliphatic carbocycles. The molecule has 2 heterocycles. The summed E-state index contributed by atoms with van der Waals surface area (Å²) in [4.78, 5) is 4.47. The Balaban J connectivity index is 1.62. The van der Waals surface area contributed by atoms with Crippen molar-refractivity contribution < 1.29 is 4.39 Å². The highest BCUT2D eigenvalue weighted by Crippen LogP contribution is 2.36. The van der Waals surface area contributed by atoms with Gasteiger partial charge in [-0.25, -0.2) is 4.39 Å². The first kappa shape index (κ1) is 25.5. The van der Waals surface area contributed by atoms with Gasteiger partial charge in [0.05, 0.1) is 40.1 Å². The topological polar surface area (TPSA) is 112 Å². The lowest BCUT2D eigenvalue weighted by Gasteiger charge is -2.23. The van der Waals surface area contributed by atoms with Gasteiger partial charge >= 0.3 is 0 Å². The van der Waals surface area contributed by atoms with Crippen LogP contribution in [0.3, 0.4) is 0 Å². The molecule has 0 saturated heterocycles. The lowest BCUT2D eigenvalue weighted by atomic mass is 10.00. The van der Waals surface area contributed by atoms with Gasteiger partial charge in [-0.1, -0.05) is 49.4 Å². The lowest BCUT2D eigenvalue weighted by Crippen LogP contribution is -2.35. The number of fused-ring (bicyclic) bond motifs is 1. The fourth-order valence-corrected chi connectivity index (χ4v) is 4.73. The molecule has 2 atom stereocenters. The number of nitriles is 2. The number of nitrogens with one attached hydrogen (secondary N) is 4. The maximum Gasteiger partial charge on any atom is 0.123 e. The molecule has 0 spiro atoms. The van der Waals surface area contributed by atoms with Crippen molar-refractivity contribution in [3.63, 3.8) is 0 Å². The highest BCUT2D eigenvalue weighted by Gasteiger charge is 2.23. The number of rotatable bonds is 8. The van der Waals surface area contributed by atoms with E-state index < -0.39 is 0 Å². The van der Waals surface area contributed by atoms with Gasteiger partial charge in [0.15, 0.2) is 0 Å². The van der Waals surface area contributed by atoms with Crippen molar-refractivity contribution >= 4 is 22.3 Å². The SMILES string of the molecule is CC[C@@H](Nc1c(C#N)cnc2c(C#N)cc(NC(C3=CN(C)NN3)c3ccc(F)cc3)cc12)c1ccccc1. The van der Waals surface area contributed by atoms with Crippen LogP contribution in [0.25, 0.3) is 10.9 Å². The van der Waals surface area contributed by atoms with E-state index in [1.807, 2.05) is 49.6 Å². The van der Waals surface area contributed by atoms with E-state index in [0.29, 0.717) is 33.4 Å². The second-order valence-corrected chi connectivity index (χ2v) is 9.27. The molecule has 0 radical (unpaired) electrons. The number of anilines is 2. The first-order valence-corrected chi connectivity index (χ1v) is 12.6. The molecule has 1 unspecified atom stereocenters. The second kappa shape index (κ2) is 11.1. The van der Waals surface area contributed by atoms with Gasteiger partial charge in [-0.3, -0.25) is 9.99 Å². The fourth-order valence-electron chi connectivity index (χ4n) is 4.73. The van der Waals surface area contributed by atoms with Crippen molar-refractivity contribution in [2.45, 2.75) is 25.4 Å². The van der Waals surface area contributed by atoms with Crippen LogP contribution in [0.15, 0.2) is 84.8 Å². The highest BCUT2D eigenvalue weighted by molar-refractivity contribution is 5.99. The summed E-state index contributed by atoms with van der Waals surface area (Å²) in [5, 5.41) is 29.5. The minimum absolute atomic E-state index is 0.0486. The van der Waals surface area contributed by atoms with Crippen LogP contribution in [0.2, 0.25) is 0 Å². The highest BCUT2D eigenvalue weighted by atomic mass is 19.1. The van der Waals surface area contributed by atoms with E-state index in [0.717, 1.165) is 23.2 Å². The predicted molar refractivity (Wildman–Crippen MR) is 149 cm³/mol. The van der Waals surface area contributed by atoms with Crippen LogP contribution in [-0.2, 0) is 0 Å². The molecule has 8 nitrogen and oxygen atoms in total. The average molecular weight is 519 g/mol. The van der Waals surface area contributed by atoms with Gasteiger partial charge in [0.25, 0.3) is 0 Å². The standard InChI is InChI=1S/C30H27FN8/c1-3-26(19-7-5-4-6-8-19)36-29-22(16-33)17-34-28-21(15-32)13-24(14-25(28)29)35-30(27-18-39(2)38-37-27)20-9-11-23(31)12-10-20/h4-14,17-18,26,30,35,37-38H,3H2,1-2H3,(H,34,36)/t26-,30?/m1/s1. The molecule has 3 aromatic carbocycles. The summed E-state index contributed by atoms with van der Waals surface area (Å²) in [5.74, 6) is -0.326. The Labute approximate surface area is 226 Å². The molecule has 1 aromatic heterocycles. The fraction of sp³-hybridized carbons (Fsp3) is 0.167. The molecule has 0 saturated carbocycles. The summed E-state index contributed by atoms with van der Waals surface area (Å²) in [6.45, 7) is 2.08. The maximum atomic E-state index is 13.7. The van der Waals surface area contributed by atoms with Crippen molar-refractivity contribution in [3.05, 3.63) is 113 Å². The summed E-state index contributed by atoms with van der Waals surface area (Å²) in [6.07, 6.45) is 4.18. The quantitative estimate of drug-likeness (QED) is 0.238. The first-order valence-electron chi connectivity index (χ1n) is 12.6. The van der Waals surface area contributed by atoms with Crippen molar-refractivity contribution in [2.75, 3.05) is 17.7 Å². The molecular weight excluding hydrogens is 491 g/mol. The zero-order valence-electron chi connectivity index (χ0n) is 21.5.